The lowest BCUT2D eigenvalue weighted by molar-refractivity contribution is 0.199. The van der Waals surface area contributed by atoms with Gasteiger partial charge in [0.2, 0.25) is 0 Å². The number of nitrogens with one attached hydrogen (secondary N) is 1. The zero-order valence-electron chi connectivity index (χ0n) is 12.0. The first-order chi connectivity index (χ1) is 10.3. The molecule has 0 aliphatic rings. The van der Waals surface area contributed by atoms with Gasteiger partial charge in [0.25, 0.3) is 0 Å². The van der Waals surface area contributed by atoms with Gasteiger partial charge >= 0.3 is 0 Å². The Balaban J connectivity index is 1.91. The monoisotopic (exact) mass is 350 g/mol. The summed E-state index contributed by atoms with van der Waals surface area (Å²) in [6.45, 7) is 2.82. The van der Waals surface area contributed by atoms with Crippen molar-refractivity contribution in [2.24, 2.45) is 0 Å². The molecule has 1 aromatic carbocycles. The zero-order valence-corrected chi connectivity index (χ0v) is 13.6. The molecule has 0 saturated heterocycles. The van der Waals surface area contributed by atoms with Crippen molar-refractivity contribution < 1.29 is 9.47 Å². The lowest BCUT2D eigenvalue weighted by atomic mass is 10.2. The van der Waals surface area contributed by atoms with E-state index in [1.54, 1.807) is 13.3 Å². The van der Waals surface area contributed by atoms with Crippen LogP contribution in [0.25, 0.3) is 0 Å². The van der Waals surface area contributed by atoms with Gasteiger partial charge in [-0.15, -0.1) is 0 Å². The van der Waals surface area contributed by atoms with E-state index in [-0.39, 0.29) is 0 Å². The first-order valence-corrected chi connectivity index (χ1v) is 7.58. The molecule has 1 N–H and O–H groups in total. The van der Waals surface area contributed by atoms with Crippen molar-refractivity contribution >= 4 is 15.9 Å². The number of pyridine rings is 1. The van der Waals surface area contributed by atoms with Crippen LogP contribution in [0.2, 0.25) is 0 Å². The molecule has 21 heavy (non-hydrogen) atoms. The summed E-state index contributed by atoms with van der Waals surface area (Å²) in [5.74, 6) is 0.852. The Bertz CT molecular complexity index is 549. The summed E-state index contributed by atoms with van der Waals surface area (Å²) in [5, 5.41) is 3.32. The van der Waals surface area contributed by atoms with Crippen molar-refractivity contribution in [3.63, 3.8) is 0 Å². The van der Waals surface area contributed by atoms with E-state index in [0.717, 1.165) is 34.4 Å². The standard InChI is InChI=1S/C16H19BrN2O2/c1-20-8-7-19-11-14-9-15(4-5-16(14)17)21-12-13-3-2-6-18-10-13/h2-6,9-10,19H,7-8,11-12H2,1H3. The van der Waals surface area contributed by atoms with E-state index < -0.39 is 0 Å². The van der Waals surface area contributed by atoms with Gasteiger partial charge in [-0.2, -0.15) is 0 Å². The number of halogens is 1. The minimum absolute atomic E-state index is 0.520. The first-order valence-electron chi connectivity index (χ1n) is 6.79. The summed E-state index contributed by atoms with van der Waals surface area (Å²) in [6.07, 6.45) is 3.57. The smallest absolute Gasteiger partial charge is 0.120 e. The number of nitrogens with zero attached hydrogens (tertiary/aromatic N) is 1. The molecule has 0 aliphatic carbocycles. The molecule has 0 radical (unpaired) electrons. The van der Waals surface area contributed by atoms with Crippen LogP contribution in [-0.2, 0) is 17.9 Å². The van der Waals surface area contributed by atoms with Crippen molar-refractivity contribution in [3.05, 3.63) is 58.3 Å². The van der Waals surface area contributed by atoms with Gasteiger partial charge in [-0.1, -0.05) is 22.0 Å². The molecular weight excluding hydrogens is 332 g/mol. The van der Waals surface area contributed by atoms with Crippen LogP contribution >= 0.6 is 15.9 Å². The SMILES string of the molecule is COCCNCc1cc(OCc2cccnc2)ccc1Br. The molecule has 5 heteroatoms. The number of aromatic nitrogens is 1. The van der Waals surface area contributed by atoms with E-state index in [9.17, 15) is 0 Å². The third-order valence-electron chi connectivity index (χ3n) is 2.94. The van der Waals surface area contributed by atoms with Crippen molar-refractivity contribution in [3.8, 4) is 5.75 Å². The van der Waals surface area contributed by atoms with Crippen molar-refractivity contribution in [2.45, 2.75) is 13.2 Å². The largest absolute Gasteiger partial charge is 0.489 e. The fourth-order valence-corrected chi connectivity index (χ4v) is 2.21. The zero-order chi connectivity index (χ0) is 14.9. The van der Waals surface area contributed by atoms with E-state index in [1.165, 1.54) is 0 Å². The Kier molecular flexibility index (Phi) is 6.66. The van der Waals surface area contributed by atoms with Crippen LogP contribution in [0.3, 0.4) is 0 Å². The molecule has 0 bridgehead atoms. The molecule has 0 fully saturated rings. The first kappa shape index (κ1) is 15.9. The van der Waals surface area contributed by atoms with E-state index in [4.69, 9.17) is 9.47 Å². The number of methoxy groups -OCH3 is 1. The predicted molar refractivity (Wildman–Crippen MR) is 86.3 cm³/mol. The Labute approximate surface area is 133 Å². The van der Waals surface area contributed by atoms with Crippen LogP contribution in [-0.4, -0.2) is 25.2 Å². The molecule has 0 aliphatic heterocycles. The number of ether oxygens (including phenoxy) is 2. The van der Waals surface area contributed by atoms with Gasteiger partial charge in [-0.25, -0.2) is 0 Å². The van der Waals surface area contributed by atoms with Crippen molar-refractivity contribution in [1.82, 2.24) is 10.3 Å². The Morgan fingerprint density at radius 1 is 1.29 bits per heavy atom. The lowest BCUT2D eigenvalue weighted by Gasteiger charge is -2.10. The summed E-state index contributed by atoms with van der Waals surface area (Å²) in [4.78, 5) is 4.08. The second-order valence-corrected chi connectivity index (χ2v) is 5.43. The number of hydrogen-bond donors (Lipinski definition) is 1. The maximum Gasteiger partial charge on any atom is 0.120 e. The van der Waals surface area contributed by atoms with Crippen LogP contribution in [0.5, 0.6) is 5.75 Å². The Hall–Kier alpha value is -1.43. The van der Waals surface area contributed by atoms with Gasteiger partial charge in [-0.05, 0) is 29.8 Å². The number of benzene rings is 1. The maximum atomic E-state index is 5.80. The normalized spacial score (nSPS) is 10.6. The highest BCUT2D eigenvalue weighted by atomic mass is 79.9. The Morgan fingerprint density at radius 3 is 2.95 bits per heavy atom. The van der Waals surface area contributed by atoms with Crippen molar-refractivity contribution in [1.29, 1.82) is 0 Å². The molecule has 0 saturated carbocycles. The third kappa shape index (κ3) is 5.46. The minimum atomic E-state index is 0.520. The molecule has 1 heterocycles. The second-order valence-electron chi connectivity index (χ2n) is 4.57. The topological polar surface area (TPSA) is 43.4 Å². The highest BCUT2D eigenvalue weighted by molar-refractivity contribution is 9.10. The molecule has 112 valence electrons. The molecule has 4 nitrogen and oxygen atoms in total. The average molecular weight is 351 g/mol. The second kappa shape index (κ2) is 8.77. The summed E-state index contributed by atoms with van der Waals surface area (Å²) >= 11 is 3.56. The predicted octanol–water partition coefficient (Wildman–Crippen LogP) is 3.16. The molecule has 0 unspecified atom stereocenters. The summed E-state index contributed by atoms with van der Waals surface area (Å²) in [6, 6.07) is 9.91. The number of rotatable bonds is 8. The fraction of sp³-hybridized carbons (Fsp3) is 0.312. The van der Waals surface area contributed by atoms with Gasteiger partial charge in [0, 0.05) is 42.6 Å². The molecule has 0 amide bonds. The fourth-order valence-electron chi connectivity index (χ4n) is 1.82. The highest BCUT2D eigenvalue weighted by Crippen LogP contribution is 2.23. The van der Waals surface area contributed by atoms with E-state index in [0.29, 0.717) is 13.2 Å². The van der Waals surface area contributed by atoms with Crippen LogP contribution in [0.1, 0.15) is 11.1 Å². The Morgan fingerprint density at radius 2 is 2.19 bits per heavy atom. The molecule has 2 rings (SSSR count). The van der Waals surface area contributed by atoms with Gasteiger partial charge in [0.05, 0.1) is 6.61 Å². The molecular formula is C16H19BrN2O2. The summed E-state index contributed by atoms with van der Waals surface area (Å²) in [5.41, 5.74) is 2.22. The average Bonchev–Trinajstić information content (AvgIpc) is 2.53. The van der Waals surface area contributed by atoms with Gasteiger partial charge < -0.3 is 14.8 Å². The van der Waals surface area contributed by atoms with E-state index in [2.05, 4.69) is 26.2 Å². The quantitative estimate of drug-likeness (QED) is 0.742. The van der Waals surface area contributed by atoms with Crippen LogP contribution in [0.4, 0.5) is 0 Å². The van der Waals surface area contributed by atoms with Crippen LogP contribution in [0, 0.1) is 0 Å². The minimum Gasteiger partial charge on any atom is -0.489 e. The third-order valence-corrected chi connectivity index (χ3v) is 3.72. The molecule has 2 aromatic rings. The summed E-state index contributed by atoms with van der Waals surface area (Å²) < 4.78 is 11.9. The molecule has 1 aromatic heterocycles. The van der Waals surface area contributed by atoms with Gasteiger partial charge in [0.15, 0.2) is 0 Å². The van der Waals surface area contributed by atoms with Crippen molar-refractivity contribution in [2.75, 3.05) is 20.3 Å². The van der Waals surface area contributed by atoms with Gasteiger partial charge in [-0.3, -0.25) is 4.98 Å². The van der Waals surface area contributed by atoms with Crippen LogP contribution in [0.15, 0.2) is 47.2 Å². The van der Waals surface area contributed by atoms with E-state index >= 15 is 0 Å². The van der Waals surface area contributed by atoms with E-state index in [1.807, 2.05) is 36.5 Å². The van der Waals surface area contributed by atoms with Crippen LogP contribution < -0.4 is 10.1 Å². The number of hydrogen-bond acceptors (Lipinski definition) is 4. The van der Waals surface area contributed by atoms with Gasteiger partial charge in [0.1, 0.15) is 12.4 Å². The lowest BCUT2D eigenvalue weighted by Crippen LogP contribution is -2.18. The summed E-state index contributed by atoms with van der Waals surface area (Å²) in [7, 11) is 1.70. The molecule has 0 spiro atoms. The maximum absolute atomic E-state index is 5.80. The molecule has 0 atom stereocenters. The highest BCUT2D eigenvalue weighted by Gasteiger charge is 2.03.